The van der Waals surface area contributed by atoms with E-state index in [0.29, 0.717) is 6.54 Å². The van der Waals surface area contributed by atoms with Crippen LogP contribution in [0.25, 0.3) is 0 Å². The number of hydrogen-bond donors (Lipinski definition) is 2. The molecule has 0 spiro atoms. The van der Waals surface area contributed by atoms with Gasteiger partial charge in [0.15, 0.2) is 0 Å². The molecule has 0 saturated heterocycles. The zero-order valence-corrected chi connectivity index (χ0v) is 10.8. The second kappa shape index (κ2) is 6.74. The maximum Gasteiger partial charge on any atom is 0.0807 e. The van der Waals surface area contributed by atoms with Gasteiger partial charge >= 0.3 is 0 Å². The molecule has 0 aliphatic carbocycles. The van der Waals surface area contributed by atoms with Gasteiger partial charge in [0, 0.05) is 12.5 Å². The predicted octanol–water partition coefficient (Wildman–Crippen LogP) is 1.90. The van der Waals surface area contributed by atoms with Gasteiger partial charge in [-0.2, -0.15) is 0 Å². The second-order valence-corrected chi connectivity index (χ2v) is 4.56. The number of benzene rings is 1. The lowest BCUT2D eigenvalue weighted by Crippen LogP contribution is -2.36. The van der Waals surface area contributed by atoms with Crippen molar-refractivity contribution in [1.82, 2.24) is 0 Å². The molecule has 1 rings (SSSR count). The third-order valence-electron chi connectivity index (χ3n) is 3.18. The van der Waals surface area contributed by atoms with Crippen molar-refractivity contribution in [2.75, 3.05) is 6.54 Å². The quantitative estimate of drug-likeness (QED) is 0.794. The van der Waals surface area contributed by atoms with E-state index in [1.807, 2.05) is 25.1 Å². The lowest BCUT2D eigenvalue weighted by molar-refractivity contribution is -0.0649. The second-order valence-electron chi connectivity index (χ2n) is 4.56. The highest BCUT2D eigenvalue weighted by Gasteiger charge is 2.22. The van der Waals surface area contributed by atoms with E-state index >= 15 is 0 Å². The van der Waals surface area contributed by atoms with E-state index < -0.39 is 6.10 Å². The van der Waals surface area contributed by atoms with Crippen LogP contribution in [0.15, 0.2) is 30.3 Å². The number of aliphatic hydroxyl groups is 1. The van der Waals surface area contributed by atoms with Crippen molar-refractivity contribution in [3.05, 3.63) is 35.9 Å². The molecule has 3 heteroatoms. The summed E-state index contributed by atoms with van der Waals surface area (Å²) in [4.78, 5) is 0. The molecular formula is C14H23NO2. The molecule has 0 aromatic heterocycles. The van der Waals surface area contributed by atoms with Crippen LogP contribution in [0.5, 0.6) is 0 Å². The van der Waals surface area contributed by atoms with E-state index in [-0.39, 0.29) is 18.1 Å². The molecule has 4 unspecified atom stereocenters. The summed E-state index contributed by atoms with van der Waals surface area (Å²) < 4.78 is 5.80. The lowest BCUT2D eigenvalue weighted by Gasteiger charge is -2.28. The number of rotatable bonds is 6. The average molecular weight is 237 g/mol. The summed E-state index contributed by atoms with van der Waals surface area (Å²) in [5, 5.41) is 9.45. The van der Waals surface area contributed by atoms with Gasteiger partial charge in [-0.05, 0) is 19.4 Å². The summed E-state index contributed by atoms with van der Waals surface area (Å²) in [6.07, 6.45) is -0.747. The minimum Gasteiger partial charge on any atom is -0.391 e. The van der Waals surface area contributed by atoms with E-state index in [4.69, 9.17) is 10.5 Å². The van der Waals surface area contributed by atoms with Crippen LogP contribution in [0.1, 0.15) is 32.3 Å². The molecule has 1 aromatic carbocycles. The Morgan fingerprint density at radius 3 is 2.24 bits per heavy atom. The Bertz CT molecular complexity index is 313. The number of nitrogens with two attached hydrogens (primary N) is 1. The van der Waals surface area contributed by atoms with Gasteiger partial charge < -0.3 is 15.6 Å². The Balaban J connectivity index is 2.67. The Kier molecular flexibility index (Phi) is 5.62. The summed E-state index contributed by atoms with van der Waals surface area (Å²) in [5.74, 6) is 0.224. The van der Waals surface area contributed by atoms with Gasteiger partial charge in [-0.1, -0.05) is 37.3 Å². The fourth-order valence-electron chi connectivity index (χ4n) is 1.74. The molecule has 0 heterocycles. The smallest absolute Gasteiger partial charge is 0.0807 e. The molecule has 1 aromatic rings. The van der Waals surface area contributed by atoms with Crippen LogP contribution in [0.4, 0.5) is 0 Å². The number of aliphatic hydroxyl groups excluding tert-OH is 1. The van der Waals surface area contributed by atoms with E-state index in [2.05, 4.69) is 19.1 Å². The normalized spacial score (nSPS) is 18.4. The van der Waals surface area contributed by atoms with Gasteiger partial charge in [0.05, 0.1) is 18.3 Å². The molecule has 0 amide bonds. The molecule has 0 fully saturated rings. The van der Waals surface area contributed by atoms with Crippen LogP contribution in [0.3, 0.4) is 0 Å². The zero-order chi connectivity index (χ0) is 12.8. The Morgan fingerprint density at radius 2 is 1.76 bits per heavy atom. The summed E-state index contributed by atoms with van der Waals surface area (Å²) in [5.41, 5.74) is 6.96. The summed E-state index contributed by atoms with van der Waals surface area (Å²) in [6, 6.07) is 10.2. The van der Waals surface area contributed by atoms with Crippen molar-refractivity contribution in [1.29, 1.82) is 0 Å². The monoisotopic (exact) mass is 237 g/mol. The van der Waals surface area contributed by atoms with Gasteiger partial charge in [-0.15, -0.1) is 0 Å². The SMILES string of the molecule is CC(O)C(C)OC(CN)C(C)c1ccccc1. The van der Waals surface area contributed by atoms with E-state index in [9.17, 15) is 5.11 Å². The Labute approximate surface area is 104 Å². The first-order valence-electron chi connectivity index (χ1n) is 6.14. The lowest BCUT2D eigenvalue weighted by atomic mass is 9.95. The number of ether oxygens (including phenoxy) is 1. The highest BCUT2D eigenvalue weighted by Crippen LogP contribution is 2.22. The summed E-state index contributed by atoms with van der Waals surface area (Å²) >= 11 is 0. The maximum atomic E-state index is 9.45. The van der Waals surface area contributed by atoms with Crippen molar-refractivity contribution in [2.24, 2.45) is 5.73 Å². The van der Waals surface area contributed by atoms with Crippen LogP contribution < -0.4 is 5.73 Å². The highest BCUT2D eigenvalue weighted by molar-refractivity contribution is 5.20. The minimum atomic E-state index is -0.480. The standard InChI is InChI=1S/C14H23NO2/c1-10(13-7-5-4-6-8-13)14(9-15)17-12(3)11(2)16/h4-8,10-12,14,16H,9,15H2,1-3H3. The van der Waals surface area contributed by atoms with Crippen molar-refractivity contribution < 1.29 is 9.84 Å². The molecule has 0 saturated carbocycles. The first kappa shape index (κ1) is 14.2. The van der Waals surface area contributed by atoms with Crippen molar-refractivity contribution >= 4 is 0 Å². The minimum absolute atomic E-state index is 0.0676. The molecular weight excluding hydrogens is 214 g/mol. The zero-order valence-electron chi connectivity index (χ0n) is 10.8. The van der Waals surface area contributed by atoms with E-state index in [1.54, 1.807) is 6.92 Å². The molecule has 3 nitrogen and oxygen atoms in total. The molecule has 0 aliphatic rings. The first-order chi connectivity index (χ1) is 8.06. The molecule has 4 atom stereocenters. The maximum absolute atomic E-state index is 9.45. The number of hydrogen-bond acceptors (Lipinski definition) is 3. The van der Waals surface area contributed by atoms with Gasteiger partial charge in [-0.3, -0.25) is 0 Å². The van der Waals surface area contributed by atoms with Crippen LogP contribution in [0, 0.1) is 0 Å². The van der Waals surface area contributed by atoms with Crippen LogP contribution in [-0.2, 0) is 4.74 Å². The first-order valence-corrected chi connectivity index (χ1v) is 6.14. The largest absolute Gasteiger partial charge is 0.391 e. The van der Waals surface area contributed by atoms with E-state index in [0.717, 1.165) is 0 Å². The van der Waals surface area contributed by atoms with Crippen LogP contribution in [0.2, 0.25) is 0 Å². The predicted molar refractivity (Wildman–Crippen MR) is 69.9 cm³/mol. The van der Waals surface area contributed by atoms with Crippen molar-refractivity contribution in [3.63, 3.8) is 0 Å². The Hall–Kier alpha value is -0.900. The molecule has 3 N–H and O–H groups in total. The summed E-state index contributed by atoms with van der Waals surface area (Å²) in [7, 11) is 0. The Morgan fingerprint density at radius 1 is 1.18 bits per heavy atom. The third-order valence-corrected chi connectivity index (χ3v) is 3.18. The van der Waals surface area contributed by atoms with Gasteiger partial charge in [0.1, 0.15) is 0 Å². The van der Waals surface area contributed by atoms with Gasteiger partial charge in [0.25, 0.3) is 0 Å². The van der Waals surface area contributed by atoms with Gasteiger partial charge in [0.2, 0.25) is 0 Å². The van der Waals surface area contributed by atoms with Crippen LogP contribution >= 0.6 is 0 Å². The van der Waals surface area contributed by atoms with Crippen molar-refractivity contribution in [3.8, 4) is 0 Å². The van der Waals surface area contributed by atoms with Crippen LogP contribution in [-0.4, -0.2) is 30.0 Å². The molecule has 96 valence electrons. The van der Waals surface area contributed by atoms with Crippen molar-refractivity contribution in [2.45, 2.75) is 45.0 Å². The molecule has 17 heavy (non-hydrogen) atoms. The van der Waals surface area contributed by atoms with E-state index in [1.165, 1.54) is 5.56 Å². The van der Waals surface area contributed by atoms with Gasteiger partial charge in [-0.25, -0.2) is 0 Å². The molecule has 0 aliphatic heterocycles. The highest BCUT2D eigenvalue weighted by atomic mass is 16.5. The summed E-state index contributed by atoms with van der Waals surface area (Å²) in [6.45, 7) is 6.14. The average Bonchev–Trinajstić information content (AvgIpc) is 2.35. The topological polar surface area (TPSA) is 55.5 Å². The fourth-order valence-corrected chi connectivity index (χ4v) is 1.74. The fraction of sp³-hybridized carbons (Fsp3) is 0.571. The third kappa shape index (κ3) is 4.11. The molecule has 0 bridgehead atoms. The molecule has 0 radical (unpaired) electrons.